The molecule has 0 amide bonds. The molecule has 1 aromatic carbocycles. The first-order valence-electron chi connectivity index (χ1n) is 6.89. The minimum atomic E-state index is 0.204. The molecule has 2 aliphatic rings. The lowest BCUT2D eigenvalue weighted by Gasteiger charge is -2.27. The fourth-order valence-corrected chi connectivity index (χ4v) is 3.16. The Bertz CT molecular complexity index is 362. The second-order valence-corrected chi connectivity index (χ2v) is 5.55. The van der Waals surface area contributed by atoms with Crippen molar-refractivity contribution in [1.82, 2.24) is 4.90 Å². The second-order valence-electron chi connectivity index (χ2n) is 5.55. The maximum absolute atomic E-state index is 6.24. The molecule has 0 spiro atoms. The molecule has 1 aliphatic carbocycles. The van der Waals surface area contributed by atoms with E-state index in [1.807, 2.05) is 0 Å². The predicted octanol–water partition coefficient (Wildman–Crippen LogP) is 2.56. The number of fused-ring (bicyclic) bond motifs is 1. The molecule has 1 heterocycles. The molecule has 3 rings (SSSR count). The maximum atomic E-state index is 6.24. The molecule has 2 heteroatoms. The van der Waals surface area contributed by atoms with E-state index in [9.17, 15) is 0 Å². The summed E-state index contributed by atoms with van der Waals surface area (Å²) < 4.78 is 0. The van der Waals surface area contributed by atoms with E-state index in [1.165, 1.54) is 37.9 Å². The Hall–Kier alpha value is -0.860. The van der Waals surface area contributed by atoms with Crippen LogP contribution in [0.25, 0.3) is 0 Å². The summed E-state index contributed by atoms with van der Waals surface area (Å²) in [6.07, 6.45) is 5.39. The van der Waals surface area contributed by atoms with Crippen LogP contribution >= 0.6 is 0 Å². The molecule has 2 fully saturated rings. The lowest BCUT2D eigenvalue weighted by atomic mass is 10.0. The lowest BCUT2D eigenvalue weighted by Crippen LogP contribution is -2.34. The third kappa shape index (κ3) is 2.53. The van der Waals surface area contributed by atoms with Gasteiger partial charge in [0.1, 0.15) is 0 Å². The van der Waals surface area contributed by atoms with Gasteiger partial charge in [0.05, 0.1) is 0 Å². The van der Waals surface area contributed by atoms with Gasteiger partial charge in [0, 0.05) is 18.6 Å². The molecule has 0 aromatic heterocycles. The van der Waals surface area contributed by atoms with Gasteiger partial charge in [-0.25, -0.2) is 0 Å². The summed E-state index contributed by atoms with van der Waals surface area (Å²) in [4.78, 5) is 2.66. The molecule has 92 valence electrons. The van der Waals surface area contributed by atoms with Crippen LogP contribution < -0.4 is 5.73 Å². The van der Waals surface area contributed by atoms with E-state index in [0.29, 0.717) is 0 Å². The molecule has 3 atom stereocenters. The maximum Gasteiger partial charge on any atom is 0.0307 e. The van der Waals surface area contributed by atoms with Gasteiger partial charge in [0.25, 0.3) is 0 Å². The lowest BCUT2D eigenvalue weighted by molar-refractivity contribution is 0.208. The van der Waals surface area contributed by atoms with Crippen LogP contribution in [0.3, 0.4) is 0 Å². The molecule has 1 saturated heterocycles. The van der Waals surface area contributed by atoms with Crippen molar-refractivity contribution < 1.29 is 0 Å². The van der Waals surface area contributed by atoms with Crippen LogP contribution in [0.15, 0.2) is 30.3 Å². The van der Waals surface area contributed by atoms with Crippen molar-refractivity contribution in [3.05, 3.63) is 35.9 Å². The zero-order chi connectivity index (χ0) is 11.7. The van der Waals surface area contributed by atoms with Crippen molar-refractivity contribution in [2.24, 2.45) is 11.7 Å². The molecule has 3 unspecified atom stereocenters. The molecule has 1 saturated carbocycles. The Morgan fingerprint density at radius 3 is 2.94 bits per heavy atom. The van der Waals surface area contributed by atoms with Gasteiger partial charge in [-0.3, -0.25) is 0 Å². The molecule has 0 radical (unpaired) electrons. The quantitative estimate of drug-likeness (QED) is 0.861. The van der Waals surface area contributed by atoms with E-state index in [1.54, 1.807) is 0 Å². The monoisotopic (exact) mass is 230 g/mol. The number of hydrogen-bond donors (Lipinski definition) is 1. The average Bonchev–Trinajstić information content (AvgIpc) is 3.16. The number of piperidine rings is 1. The highest BCUT2D eigenvalue weighted by molar-refractivity contribution is 5.18. The molecule has 2 N–H and O–H groups in total. The van der Waals surface area contributed by atoms with Crippen molar-refractivity contribution in [1.29, 1.82) is 0 Å². The van der Waals surface area contributed by atoms with Gasteiger partial charge in [0.2, 0.25) is 0 Å². The molecule has 1 aliphatic heterocycles. The molecule has 2 nitrogen and oxygen atoms in total. The minimum absolute atomic E-state index is 0.204. The SMILES string of the molecule is NC(CCN1CCCC2CC21)c1ccccc1. The molecular formula is C15H22N2. The summed E-state index contributed by atoms with van der Waals surface area (Å²) in [7, 11) is 0. The van der Waals surface area contributed by atoms with Gasteiger partial charge < -0.3 is 10.6 Å². The highest BCUT2D eigenvalue weighted by Crippen LogP contribution is 2.43. The zero-order valence-electron chi connectivity index (χ0n) is 10.4. The summed E-state index contributed by atoms with van der Waals surface area (Å²) in [5.74, 6) is 1.02. The van der Waals surface area contributed by atoms with Crippen LogP contribution in [0, 0.1) is 5.92 Å². The normalized spacial score (nSPS) is 29.7. The van der Waals surface area contributed by atoms with Crippen molar-refractivity contribution in [3.63, 3.8) is 0 Å². The number of hydrogen-bond acceptors (Lipinski definition) is 2. The van der Waals surface area contributed by atoms with Crippen LogP contribution in [-0.2, 0) is 0 Å². The highest BCUT2D eigenvalue weighted by atomic mass is 15.2. The van der Waals surface area contributed by atoms with Crippen molar-refractivity contribution in [2.45, 2.75) is 37.8 Å². The van der Waals surface area contributed by atoms with Gasteiger partial charge in [-0.05, 0) is 43.7 Å². The van der Waals surface area contributed by atoms with E-state index >= 15 is 0 Å². The van der Waals surface area contributed by atoms with Crippen LogP contribution in [0.5, 0.6) is 0 Å². The van der Waals surface area contributed by atoms with Gasteiger partial charge in [-0.1, -0.05) is 30.3 Å². The smallest absolute Gasteiger partial charge is 0.0307 e. The zero-order valence-corrected chi connectivity index (χ0v) is 10.4. The topological polar surface area (TPSA) is 29.3 Å². The predicted molar refractivity (Wildman–Crippen MR) is 70.7 cm³/mol. The average molecular weight is 230 g/mol. The Morgan fingerprint density at radius 1 is 1.29 bits per heavy atom. The van der Waals surface area contributed by atoms with Gasteiger partial charge in [-0.2, -0.15) is 0 Å². The fraction of sp³-hybridized carbons (Fsp3) is 0.600. The first kappa shape index (κ1) is 11.2. The van der Waals surface area contributed by atoms with Gasteiger partial charge in [0.15, 0.2) is 0 Å². The molecule has 1 aromatic rings. The third-order valence-electron chi connectivity index (χ3n) is 4.33. The minimum Gasteiger partial charge on any atom is -0.324 e. The largest absolute Gasteiger partial charge is 0.324 e. The van der Waals surface area contributed by atoms with Crippen molar-refractivity contribution in [2.75, 3.05) is 13.1 Å². The van der Waals surface area contributed by atoms with E-state index in [2.05, 4.69) is 35.2 Å². The molecule has 0 bridgehead atoms. The Kier molecular flexibility index (Phi) is 3.17. The van der Waals surface area contributed by atoms with E-state index < -0.39 is 0 Å². The number of nitrogens with two attached hydrogens (primary N) is 1. The Balaban J connectivity index is 1.51. The summed E-state index contributed by atoms with van der Waals surface area (Å²) in [5, 5.41) is 0. The van der Waals surface area contributed by atoms with Crippen molar-refractivity contribution in [3.8, 4) is 0 Å². The Labute approximate surface area is 104 Å². The number of nitrogens with zero attached hydrogens (tertiary/aromatic N) is 1. The van der Waals surface area contributed by atoms with Crippen LogP contribution in [0.2, 0.25) is 0 Å². The summed E-state index contributed by atoms with van der Waals surface area (Å²) in [6.45, 7) is 2.47. The van der Waals surface area contributed by atoms with E-state index in [-0.39, 0.29) is 6.04 Å². The third-order valence-corrected chi connectivity index (χ3v) is 4.33. The van der Waals surface area contributed by atoms with Crippen molar-refractivity contribution >= 4 is 0 Å². The number of rotatable bonds is 4. The molecule has 17 heavy (non-hydrogen) atoms. The Morgan fingerprint density at radius 2 is 2.12 bits per heavy atom. The summed E-state index contributed by atoms with van der Waals surface area (Å²) in [5.41, 5.74) is 7.52. The van der Waals surface area contributed by atoms with Crippen LogP contribution in [0.4, 0.5) is 0 Å². The number of likely N-dealkylation sites (tertiary alicyclic amines) is 1. The number of benzene rings is 1. The highest BCUT2D eigenvalue weighted by Gasteiger charge is 2.43. The first-order valence-corrected chi connectivity index (χ1v) is 6.89. The van der Waals surface area contributed by atoms with Gasteiger partial charge >= 0.3 is 0 Å². The second kappa shape index (κ2) is 4.79. The summed E-state index contributed by atoms with van der Waals surface area (Å²) >= 11 is 0. The van der Waals surface area contributed by atoms with Gasteiger partial charge in [-0.15, -0.1) is 0 Å². The van der Waals surface area contributed by atoms with Crippen LogP contribution in [0.1, 0.15) is 37.3 Å². The first-order chi connectivity index (χ1) is 8.34. The fourth-order valence-electron chi connectivity index (χ4n) is 3.16. The standard InChI is InChI=1S/C15H22N2/c16-14(12-5-2-1-3-6-12)8-10-17-9-4-7-13-11-15(13)17/h1-3,5-6,13-15H,4,7-11,16H2. The molecular weight excluding hydrogens is 208 g/mol. The van der Waals surface area contributed by atoms with Crippen LogP contribution in [-0.4, -0.2) is 24.0 Å². The van der Waals surface area contributed by atoms with E-state index in [0.717, 1.165) is 18.4 Å². The van der Waals surface area contributed by atoms with E-state index in [4.69, 9.17) is 5.73 Å². The summed E-state index contributed by atoms with van der Waals surface area (Å²) in [6, 6.07) is 11.6.